The number of hydrogen-bond acceptors (Lipinski definition) is 2. The standard InChI is InChI=1S/C18H32N2O.ClH/c19-14-18(9-5-2-6-10-18)13-16(21)20-12-11-17(15-20)7-3-1-4-8-17;/h1-15,19H2;1H. The fraction of sp³-hybridized carbons (Fsp3) is 0.944. The van der Waals surface area contributed by atoms with E-state index in [1.54, 1.807) is 0 Å². The van der Waals surface area contributed by atoms with Crippen LogP contribution in [0.15, 0.2) is 0 Å². The zero-order chi connectivity index (χ0) is 14.8. The molecule has 2 aliphatic carbocycles. The fourth-order valence-corrected chi connectivity index (χ4v) is 5.05. The highest BCUT2D eigenvalue weighted by Crippen LogP contribution is 2.45. The topological polar surface area (TPSA) is 46.3 Å². The average molecular weight is 329 g/mol. The third-order valence-electron chi connectivity index (χ3n) is 6.58. The molecule has 0 unspecified atom stereocenters. The Hall–Kier alpha value is -0.280. The van der Waals surface area contributed by atoms with E-state index in [1.165, 1.54) is 57.8 Å². The van der Waals surface area contributed by atoms with Crippen molar-refractivity contribution in [3.63, 3.8) is 0 Å². The Morgan fingerprint density at radius 1 is 0.909 bits per heavy atom. The van der Waals surface area contributed by atoms with Gasteiger partial charge in [-0.3, -0.25) is 4.79 Å². The fourth-order valence-electron chi connectivity index (χ4n) is 5.05. The summed E-state index contributed by atoms with van der Waals surface area (Å²) in [5.41, 5.74) is 6.66. The van der Waals surface area contributed by atoms with E-state index in [1.807, 2.05) is 0 Å². The third-order valence-corrected chi connectivity index (χ3v) is 6.58. The second-order valence-corrected chi connectivity index (χ2v) is 8.07. The first-order valence-corrected chi connectivity index (χ1v) is 9.15. The molecule has 2 N–H and O–H groups in total. The summed E-state index contributed by atoms with van der Waals surface area (Å²) in [4.78, 5) is 15.0. The van der Waals surface area contributed by atoms with Gasteiger partial charge in [0.1, 0.15) is 0 Å². The van der Waals surface area contributed by atoms with Gasteiger partial charge in [0.25, 0.3) is 0 Å². The number of likely N-dealkylation sites (tertiary alicyclic amines) is 1. The van der Waals surface area contributed by atoms with Crippen molar-refractivity contribution in [1.82, 2.24) is 4.90 Å². The van der Waals surface area contributed by atoms with Crippen molar-refractivity contribution in [2.45, 2.75) is 77.0 Å². The minimum Gasteiger partial charge on any atom is -0.342 e. The minimum atomic E-state index is 0. The van der Waals surface area contributed by atoms with Crippen LogP contribution >= 0.6 is 12.4 Å². The van der Waals surface area contributed by atoms with Crippen LogP contribution in [0.1, 0.15) is 77.0 Å². The molecule has 1 saturated heterocycles. The summed E-state index contributed by atoms with van der Waals surface area (Å²) in [7, 11) is 0. The molecule has 0 aromatic heterocycles. The number of amides is 1. The lowest BCUT2D eigenvalue weighted by molar-refractivity contribution is -0.133. The second-order valence-electron chi connectivity index (χ2n) is 8.07. The average Bonchev–Trinajstić information content (AvgIpc) is 2.93. The van der Waals surface area contributed by atoms with Gasteiger partial charge in [-0.05, 0) is 49.5 Å². The van der Waals surface area contributed by atoms with Crippen LogP contribution in [0.3, 0.4) is 0 Å². The molecule has 0 aromatic carbocycles. The van der Waals surface area contributed by atoms with Crippen LogP contribution in [0.5, 0.6) is 0 Å². The van der Waals surface area contributed by atoms with Crippen LogP contribution < -0.4 is 5.73 Å². The predicted molar refractivity (Wildman–Crippen MR) is 93.2 cm³/mol. The Balaban J connectivity index is 0.00000176. The highest BCUT2D eigenvalue weighted by atomic mass is 35.5. The van der Waals surface area contributed by atoms with Gasteiger partial charge in [-0.15, -0.1) is 12.4 Å². The van der Waals surface area contributed by atoms with E-state index in [0.29, 0.717) is 24.3 Å². The van der Waals surface area contributed by atoms with Crippen LogP contribution in [0.2, 0.25) is 0 Å². The normalized spacial score (nSPS) is 26.7. The lowest BCUT2D eigenvalue weighted by Gasteiger charge is -2.37. The van der Waals surface area contributed by atoms with Crippen molar-refractivity contribution >= 4 is 18.3 Å². The Morgan fingerprint density at radius 3 is 2.09 bits per heavy atom. The molecule has 128 valence electrons. The molecule has 3 aliphatic rings. The molecule has 2 saturated carbocycles. The lowest BCUT2D eigenvalue weighted by atomic mass is 9.71. The summed E-state index contributed by atoms with van der Waals surface area (Å²) < 4.78 is 0. The van der Waals surface area contributed by atoms with Gasteiger partial charge in [0.05, 0.1) is 0 Å². The summed E-state index contributed by atoms with van der Waals surface area (Å²) in [5.74, 6) is 0.393. The summed E-state index contributed by atoms with van der Waals surface area (Å²) >= 11 is 0. The zero-order valence-corrected chi connectivity index (χ0v) is 14.8. The molecule has 1 spiro atoms. The van der Waals surface area contributed by atoms with Crippen molar-refractivity contribution in [1.29, 1.82) is 0 Å². The Bertz CT molecular complexity index is 373. The number of carbonyl (C=O) groups is 1. The van der Waals surface area contributed by atoms with Gasteiger partial charge >= 0.3 is 0 Å². The third kappa shape index (κ3) is 3.79. The van der Waals surface area contributed by atoms with Crippen LogP contribution in [-0.4, -0.2) is 30.4 Å². The van der Waals surface area contributed by atoms with E-state index < -0.39 is 0 Å². The molecule has 0 radical (unpaired) electrons. The quantitative estimate of drug-likeness (QED) is 0.854. The number of halogens is 1. The Kier molecular flexibility index (Phi) is 6.18. The first-order chi connectivity index (χ1) is 10.2. The monoisotopic (exact) mass is 328 g/mol. The van der Waals surface area contributed by atoms with E-state index >= 15 is 0 Å². The van der Waals surface area contributed by atoms with Gasteiger partial charge in [-0.1, -0.05) is 38.5 Å². The maximum Gasteiger partial charge on any atom is 0.223 e. The molecule has 0 bridgehead atoms. The largest absolute Gasteiger partial charge is 0.342 e. The SMILES string of the molecule is Cl.NCC1(CC(=O)N2CCC3(CCCCC3)C2)CCCCC1. The molecule has 1 aliphatic heterocycles. The minimum absolute atomic E-state index is 0. The molecular formula is C18H33ClN2O. The number of carbonyl (C=O) groups excluding carboxylic acids is 1. The van der Waals surface area contributed by atoms with Crippen LogP contribution in [0, 0.1) is 10.8 Å². The highest BCUT2D eigenvalue weighted by molar-refractivity contribution is 5.85. The molecular weight excluding hydrogens is 296 g/mol. The highest BCUT2D eigenvalue weighted by Gasteiger charge is 2.42. The lowest BCUT2D eigenvalue weighted by Crippen LogP contribution is -2.40. The smallest absolute Gasteiger partial charge is 0.223 e. The summed E-state index contributed by atoms with van der Waals surface area (Å²) in [6.45, 7) is 2.73. The van der Waals surface area contributed by atoms with E-state index in [2.05, 4.69) is 4.90 Å². The summed E-state index contributed by atoms with van der Waals surface area (Å²) in [6.07, 6.45) is 14.9. The summed E-state index contributed by atoms with van der Waals surface area (Å²) in [5, 5.41) is 0. The van der Waals surface area contributed by atoms with Crippen LogP contribution in [0.4, 0.5) is 0 Å². The van der Waals surface area contributed by atoms with Crippen molar-refractivity contribution in [2.75, 3.05) is 19.6 Å². The maximum absolute atomic E-state index is 12.8. The molecule has 3 nitrogen and oxygen atoms in total. The van der Waals surface area contributed by atoms with Gasteiger partial charge in [0.15, 0.2) is 0 Å². The zero-order valence-electron chi connectivity index (χ0n) is 13.9. The maximum atomic E-state index is 12.8. The first-order valence-electron chi connectivity index (χ1n) is 9.15. The van der Waals surface area contributed by atoms with Gasteiger partial charge < -0.3 is 10.6 Å². The molecule has 1 amide bonds. The van der Waals surface area contributed by atoms with E-state index in [-0.39, 0.29) is 17.8 Å². The number of rotatable bonds is 3. The molecule has 1 heterocycles. The molecule has 0 aromatic rings. The molecule has 22 heavy (non-hydrogen) atoms. The first kappa shape index (κ1) is 18.1. The molecule has 4 heteroatoms. The Labute approximate surface area is 141 Å². The molecule has 3 rings (SSSR count). The Morgan fingerprint density at radius 2 is 1.50 bits per heavy atom. The van der Waals surface area contributed by atoms with Gasteiger partial charge in [0, 0.05) is 19.5 Å². The van der Waals surface area contributed by atoms with Crippen molar-refractivity contribution in [2.24, 2.45) is 16.6 Å². The number of hydrogen-bond donors (Lipinski definition) is 1. The van der Waals surface area contributed by atoms with Gasteiger partial charge in [-0.25, -0.2) is 0 Å². The second kappa shape index (κ2) is 7.53. The number of nitrogens with two attached hydrogens (primary N) is 1. The van der Waals surface area contributed by atoms with Crippen molar-refractivity contribution < 1.29 is 4.79 Å². The van der Waals surface area contributed by atoms with Crippen LogP contribution in [-0.2, 0) is 4.79 Å². The van der Waals surface area contributed by atoms with E-state index in [0.717, 1.165) is 25.9 Å². The van der Waals surface area contributed by atoms with Gasteiger partial charge in [0.2, 0.25) is 5.91 Å². The molecule has 0 atom stereocenters. The van der Waals surface area contributed by atoms with Crippen LogP contribution in [0.25, 0.3) is 0 Å². The van der Waals surface area contributed by atoms with Gasteiger partial charge in [-0.2, -0.15) is 0 Å². The number of nitrogens with zero attached hydrogens (tertiary/aromatic N) is 1. The van der Waals surface area contributed by atoms with Crippen molar-refractivity contribution in [3.8, 4) is 0 Å². The molecule has 3 fully saturated rings. The summed E-state index contributed by atoms with van der Waals surface area (Å²) in [6, 6.07) is 0. The predicted octanol–water partition coefficient (Wildman–Crippen LogP) is 3.89. The van der Waals surface area contributed by atoms with Crippen molar-refractivity contribution in [3.05, 3.63) is 0 Å². The van der Waals surface area contributed by atoms with E-state index in [4.69, 9.17) is 5.73 Å². The van der Waals surface area contributed by atoms with E-state index in [9.17, 15) is 4.79 Å².